The Balaban J connectivity index is 2.84. The Bertz CT molecular complexity index is 304. The molecular weight excluding hydrogens is 188 g/mol. The fourth-order valence-corrected chi connectivity index (χ4v) is 1.58. The molecule has 0 fully saturated rings. The van der Waals surface area contributed by atoms with Crippen molar-refractivity contribution >= 4 is 17.7 Å². The summed E-state index contributed by atoms with van der Waals surface area (Å²) in [4.78, 5) is 14.7. The third-order valence-corrected chi connectivity index (χ3v) is 2.40. The molecule has 70 valence electrons. The van der Waals surface area contributed by atoms with Gasteiger partial charge in [0, 0.05) is 18.5 Å². The van der Waals surface area contributed by atoms with Crippen molar-refractivity contribution in [1.29, 1.82) is 0 Å². The maximum Gasteiger partial charge on any atom is 0.338 e. The first-order valence-corrected chi connectivity index (χ1v) is 4.75. The van der Waals surface area contributed by atoms with Gasteiger partial charge < -0.3 is 10.8 Å². The molecule has 0 unspecified atom stereocenters. The van der Waals surface area contributed by atoms with Crippen LogP contribution in [0.15, 0.2) is 23.4 Å². The maximum atomic E-state index is 10.7. The summed E-state index contributed by atoms with van der Waals surface area (Å²) in [6, 6.07) is 3.14. The number of carbonyl (C=O) groups is 1. The van der Waals surface area contributed by atoms with Crippen LogP contribution in [-0.2, 0) is 0 Å². The van der Waals surface area contributed by atoms with E-state index < -0.39 is 5.97 Å². The van der Waals surface area contributed by atoms with Crippen LogP contribution in [0.4, 0.5) is 0 Å². The summed E-state index contributed by atoms with van der Waals surface area (Å²) in [7, 11) is 0. The number of carboxylic acid groups (broad SMARTS) is 1. The topological polar surface area (TPSA) is 76.2 Å². The second-order valence-corrected chi connectivity index (χ2v) is 3.38. The second kappa shape index (κ2) is 4.84. The van der Waals surface area contributed by atoms with Gasteiger partial charge in [-0.2, -0.15) is 0 Å². The summed E-state index contributed by atoms with van der Waals surface area (Å²) in [6.07, 6.45) is 1.57. The van der Waals surface area contributed by atoms with Crippen LogP contribution < -0.4 is 5.73 Å². The molecule has 13 heavy (non-hydrogen) atoms. The van der Waals surface area contributed by atoms with E-state index in [1.807, 2.05) is 0 Å². The number of thioether (sulfide) groups is 1. The molecule has 5 heteroatoms. The van der Waals surface area contributed by atoms with Crippen molar-refractivity contribution in [3.63, 3.8) is 0 Å². The molecule has 0 aromatic carbocycles. The molecule has 0 aliphatic heterocycles. The van der Waals surface area contributed by atoms with Crippen LogP contribution in [0.3, 0.4) is 0 Å². The average molecular weight is 198 g/mol. The van der Waals surface area contributed by atoms with Gasteiger partial charge in [-0.3, -0.25) is 0 Å². The third-order valence-electron chi connectivity index (χ3n) is 1.36. The van der Waals surface area contributed by atoms with E-state index >= 15 is 0 Å². The van der Waals surface area contributed by atoms with Gasteiger partial charge in [0.05, 0.1) is 5.56 Å². The highest BCUT2D eigenvalue weighted by Gasteiger charge is 2.09. The SMILES string of the molecule is NCCSc1ncccc1C(=O)O. The third kappa shape index (κ3) is 2.71. The van der Waals surface area contributed by atoms with Crippen molar-refractivity contribution in [3.05, 3.63) is 23.9 Å². The second-order valence-electron chi connectivity index (χ2n) is 2.30. The van der Waals surface area contributed by atoms with Crippen LogP contribution in [0.25, 0.3) is 0 Å². The van der Waals surface area contributed by atoms with E-state index in [9.17, 15) is 4.79 Å². The monoisotopic (exact) mass is 198 g/mol. The number of aromatic nitrogens is 1. The van der Waals surface area contributed by atoms with E-state index in [0.717, 1.165) is 0 Å². The summed E-state index contributed by atoms with van der Waals surface area (Å²) in [5.41, 5.74) is 5.54. The lowest BCUT2D eigenvalue weighted by Crippen LogP contribution is -2.04. The molecule has 0 aliphatic rings. The standard InChI is InChI=1S/C8H10N2O2S/c9-3-5-13-7-6(8(11)12)2-1-4-10-7/h1-2,4H,3,5,9H2,(H,11,12). The highest BCUT2D eigenvalue weighted by Crippen LogP contribution is 2.18. The normalized spacial score (nSPS) is 9.92. The number of hydrogen-bond donors (Lipinski definition) is 2. The fraction of sp³-hybridized carbons (Fsp3) is 0.250. The summed E-state index contributed by atoms with van der Waals surface area (Å²) in [6.45, 7) is 0.514. The number of carboxylic acids is 1. The fourth-order valence-electron chi connectivity index (χ4n) is 0.824. The van der Waals surface area contributed by atoms with Gasteiger partial charge in [-0.15, -0.1) is 11.8 Å². The van der Waals surface area contributed by atoms with Gasteiger partial charge in [0.2, 0.25) is 0 Å². The molecule has 0 saturated carbocycles. The Morgan fingerprint density at radius 3 is 3.08 bits per heavy atom. The molecular formula is C8H10N2O2S. The minimum atomic E-state index is -0.951. The Labute approximate surface area is 80.2 Å². The van der Waals surface area contributed by atoms with Gasteiger partial charge in [-0.1, -0.05) is 0 Å². The molecule has 0 atom stereocenters. The number of pyridine rings is 1. The highest BCUT2D eigenvalue weighted by molar-refractivity contribution is 7.99. The first-order valence-electron chi connectivity index (χ1n) is 3.77. The number of aromatic carboxylic acids is 1. The van der Waals surface area contributed by atoms with Crippen molar-refractivity contribution in [2.24, 2.45) is 5.73 Å². The maximum absolute atomic E-state index is 10.7. The molecule has 4 nitrogen and oxygen atoms in total. The number of nitrogens with two attached hydrogens (primary N) is 1. The first-order chi connectivity index (χ1) is 6.25. The summed E-state index contributed by atoms with van der Waals surface area (Å²) >= 11 is 1.36. The van der Waals surface area contributed by atoms with Crippen LogP contribution in [-0.4, -0.2) is 28.4 Å². The van der Waals surface area contributed by atoms with E-state index in [1.54, 1.807) is 12.3 Å². The molecule has 1 rings (SSSR count). The zero-order chi connectivity index (χ0) is 9.68. The minimum Gasteiger partial charge on any atom is -0.478 e. The van der Waals surface area contributed by atoms with Crippen molar-refractivity contribution in [2.45, 2.75) is 5.03 Å². The summed E-state index contributed by atoms with van der Waals surface area (Å²) < 4.78 is 0. The number of hydrogen-bond acceptors (Lipinski definition) is 4. The smallest absolute Gasteiger partial charge is 0.338 e. The van der Waals surface area contributed by atoms with Crippen LogP contribution in [0, 0.1) is 0 Å². The number of rotatable bonds is 4. The molecule has 1 aromatic rings. The van der Waals surface area contributed by atoms with E-state index in [1.165, 1.54) is 17.8 Å². The van der Waals surface area contributed by atoms with Crippen molar-refractivity contribution < 1.29 is 9.90 Å². The molecule has 0 radical (unpaired) electrons. The largest absolute Gasteiger partial charge is 0.478 e. The van der Waals surface area contributed by atoms with Crippen LogP contribution >= 0.6 is 11.8 Å². The van der Waals surface area contributed by atoms with E-state index in [4.69, 9.17) is 10.8 Å². The molecule has 0 saturated heterocycles. The zero-order valence-electron chi connectivity index (χ0n) is 6.93. The number of nitrogens with zero attached hydrogens (tertiary/aromatic N) is 1. The molecule has 1 heterocycles. The Morgan fingerprint density at radius 2 is 2.46 bits per heavy atom. The zero-order valence-corrected chi connectivity index (χ0v) is 7.75. The van der Waals surface area contributed by atoms with Crippen LogP contribution in [0.5, 0.6) is 0 Å². The Kier molecular flexibility index (Phi) is 3.72. The summed E-state index contributed by atoms with van der Waals surface area (Å²) in [5, 5.41) is 9.31. The van der Waals surface area contributed by atoms with Crippen LogP contribution in [0.1, 0.15) is 10.4 Å². The molecule has 0 bridgehead atoms. The molecule has 0 amide bonds. The van der Waals surface area contributed by atoms with Crippen molar-refractivity contribution in [3.8, 4) is 0 Å². The van der Waals surface area contributed by atoms with Gasteiger partial charge in [0.25, 0.3) is 0 Å². The van der Waals surface area contributed by atoms with E-state index in [2.05, 4.69) is 4.98 Å². The lowest BCUT2D eigenvalue weighted by atomic mass is 10.3. The van der Waals surface area contributed by atoms with Crippen molar-refractivity contribution in [1.82, 2.24) is 4.98 Å². The lowest BCUT2D eigenvalue weighted by molar-refractivity contribution is 0.0692. The van der Waals surface area contributed by atoms with Gasteiger partial charge >= 0.3 is 5.97 Å². The highest BCUT2D eigenvalue weighted by atomic mass is 32.2. The van der Waals surface area contributed by atoms with Gasteiger partial charge in [-0.05, 0) is 12.1 Å². The van der Waals surface area contributed by atoms with Gasteiger partial charge in [0.15, 0.2) is 0 Å². The molecule has 0 spiro atoms. The molecule has 1 aromatic heterocycles. The van der Waals surface area contributed by atoms with Gasteiger partial charge in [0.1, 0.15) is 5.03 Å². The van der Waals surface area contributed by atoms with E-state index in [0.29, 0.717) is 17.3 Å². The lowest BCUT2D eigenvalue weighted by Gasteiger charge is -2.01. The molecule has 3 N–H and O–H groups in total. The summed E-state index contributed by atoms with van der Waals surface area (Å²) in [5.74, 6) is -0.273. The first kappa shape index (κ1) is 10.0. The predicted octanol–water partition coefficient (Wildman–Crippen LogP) is 0.831. The minimum absolute atomic E-state index is 0.237. The quantitative estimate of drug-likeness (QED) is 0.701. The Hall–Kier alpha value is -1.07. The van der Waals surface area contributed by atoms with E-state index in [-0.39, 0.29) is 5.56 Å². The average Bonchev–Trinajstić information content (AvgIpc) is 2.15. The van der Waals surface area contributed by atoms with Crippen molar-refractivity contribution in [2.75, 3.05) is 12.3 Å². The predicted molar refractivity (Wildman–Crippen MR) is 51.0 cm³/mol. The molecule has 0 aliphatic carbocycles. The van der Waals surface area contributed by atoms with Gasteiger partial charge in [-0.25, -0.2) is 9.78 Å². The van der Waals surface area contributed by atoms with Crippen LogP contribution in [0.2, 0.25) is 0 Å². The Morgan fingerprint density at radius 1 is 1.69 bits per heavy atom.